The zero-order valence-corrected chi connectivity index (χ0v) is 16.0. The Labute approximate surface area is 167 Å². The summed E-state index contributed by atoms with van der Waals surface area (Å²) in [6.45, 7) is 2.73. The zero-order chi connectivity index (χ0) is 19.5. The maximum Gasteiger partial charge on any atom is 0.229 e. The third kappa shape index (κ3) is 3.66. The van der Waals surface area contributed by atoms with Crippen molar-refractivity contribution in [2.75, 3.05) is 11.9 Å². The lowest BCUT2D eigenvalue weighted by molar-refractivity contribution is -0.117. The van der Waals surface area contributed by atoms with Crippen molar-refractivity contribution in [2.45, 2.75) is 26.0 Å². The Bertz CT molecular complexity index is 990. The molecular weight excluding hydrogens is 380 g/mol. The number of nitrogens with one attached hydrogen (secondary N) is 1. The van der Waals surface area contributed by atoms with Crippen LogP contribution in [-0.2, 0) is 11.4 Å². The molecule has 28 heavy (non-hydrogen) atoms. The highest BCUT2D eigenvalue weighted by molar-refractivity contribution is 6.32. The lowest BCUT2D eigenvalue weighted by Gasteiger charge is -2.25. The van der Waals surface area contributed by atoms with E-state index in [-0.39, 0.29) is 18.4 Å². The Balaban J connectivity index is 1.66. The minimum atomic E-state index is -0.314. The van der Waals surface area contributed by atoms with E-state index in [2.05, 4.69) is 15.4 Å². The molecule has 2 aromatic carbocycles. The lowest BCUT2D eigenvalue weighted by atomic mass is 10.0. The molecule has 1 aliphatic rings. The van der Waals surface area contributed by atoms with Gasteiger partial charge in [0.15, 0.2) is 11.5 Å². The van der Waals surface area contributed by atoms with E-state index in [4.69, 9.17) is 21.1 Å². The van der Waals surface area contributed by atoms with Gasteiger partial charge in [0.05, 0.1) is 24.1 Å². The molecule has 7 nitrogen and oxygen atoms in total. The molecule has 0 spiro atoms. The van der Waals surface area contributed by atoms with Gasteiger partial charge >= 0.3 is 0 Å². The molecule has 0 unspecified atom stereocenters. The Morgan fingerprint density at radius 2 is 2.07 bits per heavy atom. The second kappa shape index (κ2) is 7.90. The van der Waals surface area contributed by atoms with Crippen LogP contribution in [0.4, 0.5) is 5.95 Å². The van der Waals surface area contributed by atoms with Gasteiger partial charge in [-0.05, 0) is 30.2 Å². The topological polar surface area (TPSA) is 78.3 Å². The van der Waals surface area contributed by atoms with Crippen LogP contribution in [0, 0.1) is 0 Å². The van der Waals surface area contributed by atoms with Crippen molar-refractivity contribution in [1.82, 2.24) is 14.8 Å². The highest BCUT2D eigenvalue weighted by Crippen LogP contribution is 2.41. The highest BCUT2D eigenvalue weighted by Gasteiger charge is 2.29. The van der Waals surface area contributed by atoms with Gasteiger partial charge in [-0.3, -0.25) is 10.1 Å². The molecule has 3 aromatic rings. The largest absolute Gasteiger partial charge is 0.490 e. The summed E-state index contributed by atoms with van der Waals surface area (Å²) in [6.07, 6.45) is 1.65. The fourth-order valence-electron chi connectivity index (χ4n) is 3.18. The lowest BCUT2D eigenvalue weighted by Crippen LogP contribution is -2.29. The normalized spacial score (nSPS) is 15.6. The van der Waals surface area contributed by atoms with E-state index in [1.54, 1.807) is 10.7 Å². The van der Waals surface area contributed by atoms with Gasteiger partial charge in [0, 0.05) is 0 Å². The number of carbonyl (C=O) groups excluding carboxylic acids is 1. The molecule has 0 fully saturated rings. The number of benzene rings is 2. The average Bonchev–Trinajstić information content (AvgIpc) is 3.16. The van der Waals surface area contributed by atoms with Gasteiger partial charge in [-0.2, -0.15) is 10.1 Å². The maximum atomic E-state index is 12.0. The third-order valence-corrected chi connectivity index (χ3v) is 4.72. The Kier molecular flexibility index (Phi) is 5.16. The molecule has 0 saturated heterocycles. The van der Waals surface area contributed by atoms with Crippen LogP contribution in [0.25, 0.3) is 0 Å². The van der Waals surface area contributed by atoms with Crippen molar-refractivity contribution in [1.29, 1.82) is 0 Å². The molecule has 0 aliphatic carbocycles. The number of ether oxygens (including phenoxy) is 2. The number of nitrogens with zero attached hydrogens (tertiary/aromatic N) is 3. The summed E-state index contributed by atoms with van der Waals surface area (Å²) in [7, 11) is 0. The van der Waals surface area contributed by atoms with Crippen LogP contribution < -0.4 is 14.8 Å². The van der Waals surface area contributed by atoms with Crippen LogP contribution in [0.3, 0.4) is 0 Å². The monoisotopic (exact) mass is 398 g/mol. The number of rotatable bonds is 6. The third-order valence-electron chi connectivity index (χ3n) is 4.44. The number of hydrogen-bond acceptors (Lipinski definition) is 5. The number of anilines is 1. The summed E-state index contributed by atoms with van der Waals surface area (Å²) in [5, 5.41) is 7.35. The Morgan fingerprint density at radius 3 is 2.86 bits per heavy atom. The summed E-state index contributed by atoms with van der Waals surface area (Å²) < 4.78 is 13.4. The van der Waals surface area contributed by atoms with Crippen molar-refractivity contribution in [3.05, 3.63) is 64.9 Å². The standard InChI is InChI=1S/C20H19ClN4O3/c1-2-27-17-9-14(16-10-18(26)24-20-22-12-23-25(16)20)8-15(21)19(17)28-11-13-6-4-3-5-7-13/h3-9,12,16H,2,10-11H2,1H3,(H,22,23,24,26)/t16-/m1/s1. The van der Waals surface area contributed by atoms with Gasteiger partial charge in [0.1, 0.15) is 12.9 Å². The van der Waals surface area contributed by atoms with Gasteiger partial charge in [-0.25, -0.2) is 4.68 Å². The van der Waals surface area contributed by atoms with E-state index in [9.17, 15) is 4.79 Å². The van der Waals surface area contributed by atoms with Gasteiger partial charge in [0.25, 0.3) is 0 Å². The van der Waals surface area contributed by atoms with Gasteiger partial charge in [-0.1, -0.05) is 41.9 Å². The highest BCUT2D eigenvalue weighted by atomic mass is 35.5. The summed E-state index contributed by atoms with van der Waals surface area (Å²) in [5.41, 5.74) is 1.84. The Hall–Kier alpha value is -3.06. The number of hydrogen-bond donors (Lipinski definition) is 1. The number of carbonyl (C=O) groups is 1. The fraction of sp³-hybridized carbons (Fsp3) is 0.250. The van der Waals surface area contributed by atoms with E-state index in [1.807, 2.05) is 43.3 Å². The van der Waals surface area contributed by atoms with E-state index < -0.39 is 0 Å². The van der Waals surface area contributed by atoms with Crippen molar-refractivity contribution >= 4 is 23.5 Å². The number of aromatic nitrogens is 3. The average molecular weight is 399 g/mol. The minimum absolute atomic E-state index is 0.121. The molecule has 0 saturated carbocycles. The van der Waals surface area contributed by atoms with Crippen molar-refractivity contribution < 1.29 is 14.3 Å². The van der Waals surface area contributed by atoms with Crippen molar-refractivity contribution in [2.24, 2.45) is 0 Å². The molecule has 1 atom stereocenters. The molecule has 0 bridgehead atoms. The molecule has 2 heterocycles. The minimum Gasteiger partial charge on any atom is -0.490 e. The van der Waals surface area contributed by atoms with Crippen LogP contribution >= 0.6 is 11.6 Å². The van der Waals surface area contributed by atoms with Crippen LogP contribution in [0.15, 0.2) is 48.8 Å². The molecular formula is C20H19ClN4O3. The summed E-state index contributed by atoms with van der Waals surface area (Å²) in [5.74, 6) is 1.31. The van der Waals surface area contributed by atoms with Crippen LogP contribution in [0.2, 0.25) is 5.02 Å². The van der Waals surface area contributed by atoms with E-state index in [1.165, 1.54) is 6.33 Å². The first-order chi connectivity index (χ1) is 13.7. The SMILES string of the molecule is CCOc1cc([C@H]2CC(=O)Nc3ncnn32)cc(Cl)c1OCc1ccccc1. The first-order valence-corrected chi connectivity index (χ1v) is 9.36. The second-order valence-corrected chi connectivity index (χ2v) is 6.74. The quantitative estimate of drug-likeness (QED) is 0.682. The zero-order valence-electron chi connectivity index (χ0n) is 15.3. The van der Waals surface area contributed by atoms with E-state index in [0.717, 1.165) is 11.1 Å². The van der Waals surface area contributed by atoms with Crippen molar-refractivity contribution in [3.63, 3.8) is 0 Å². The summed E-state index contributed by atoms with van der Waals surface area (Å²) in [4.78, 5) is 16.1. The van der Waals surface area contributed by atoms with Crippen LogP contribution in [0.1, 0.15) is 30.5 Å². The molecule has 144 valence electrons. The maximum absolute atomic E-state index is 12.0. The molecule has 8 heteroatoms. The molecule has 0 radical (unpaired) electrons. The van der Waals surface area contributed by atoms with E-state index >= 15 is 0 Å². The Morgan fingerprint density at radius 1 is 1.25 bits per heavy atom. The molecule has 1 aliphatic heterocycles. The van der Waals surface area contributed by atoms with Gasteiger partial charge in [-0.15, -0.1) is 0 Å². The molecule has 1 N–H and O–H groups in total. The first-order valence-electron chi connectivity index (χ1n) is 8.98. The summed E-state index contributed by atoms with van der Waals surface area (Å²) >= 11 is 6.54. The second-order valence-electron chi connectivity index (χ2n) is 6.33. The van der Waals surface area contributed by atoms with Crippen molar-refractivity contribution in [3.8, 4) is 11.5 Å². The predicted octanol–water partition coefficient (Wildman–Crippen LogP) is 3.84. The smallest absolute Gasteiger partial charge is 0.229 e. The van der Waals surface area contributed by atoms with E-state index in [0.29, 0.717) is 35.7 Å². The number of fused-ring (bicyclic) bond motifs is 1. The predicted molar refractivity (Wildman–Crippen MR) is 105 cm³/mol. The van der Waals surface area contributed by atoms with Gasteiger partial charge < -0.3 is 9.47 Å². The summed E-state index contributed by atoms with van der Waals surface area (Å²) in [6, 6.07) is 13.2. The molecule has 1 aromatic heterocycles. The number of halogens is 1. The molecule has 1 amide bonds. The van der Waals surface area contributed by atoms with Crippen LogP contribution in [-0.4, -0.2) is 27.3 Å². The molecule has 4 rings (SSSR count). The first kappa shape index (κ1) is 18.3. The fourth-order valence-corrected chi connectivity index (χ4v) is 3.45. The van der Waals surface area contributed by atoms with Crippen LogP contribution in [0.5, 0.6) is 11.5 Å². The number of amides is 1. The van der Waals surface area contributed by atoms with Gasteiger partial charge in [0.2, 0.25) is 11.9 Å².